The van der Waals surface area contributed by atoms with E-state index < -0.39 is 23.3 Å². The first kappa shape index (κ1) is 21.1. The van der Waals surface area contributed by atoms with Crippen LogP contribution in [-0.2, 0) is 17.7 Å². The van der Waals surface area contributed by atoms with Crippen molar-refractivity contribution in [1.29, 1.82) is 0 Å². The van der Waals surface area contributed by atoms with Crippen LogP contribution in [0.25, 0.3) is 10.9 Å². The molecule has 6 nitrogen and oxygen atoms in total. The Balaban J connectivity index is 1.81. The molecule has 2 aromatic rings. The van der Waals surface area contributed by atoms with Crippen LogP contribution in [0.5, 0.6) is 0 Å². The highest BCUT2D eigenvalue weighted by molar-refractivity contribution is 7.87. The zero-order chi connectivity index (χ0) is 20.3. The standard InChI is InChI=1S/C18H24F3N5OS/c1-12-9-13(23-7-8-25-28(22)27)11-26(10-12)16-5-4-15(18(19,20)21)17-14(16)3-2-6-24-17/h2-6,12-13,23,25H,7-11,22H2,1H3/t12-,13+,28?/m0/s1. The van der Waals surface area contributed by atoms with Crippen LogP contribution in [0, 0.1) is 5.92 Å². The van der Waals surface area contributed by atoms with Gasteiger partial charge in [0.25, 0.3) is 0 Å². The number of pyridine rings is 1. The van der Waals surface area contributed by atoms with Gasteiger partial charge in [0.05, 0.1) is 17.6 Å². The molecule has 0 spiro atoms. The summed E-state index contributed by atoms with van der Waals surface area (Å²) in [4.78, 5) is 6.12. The predicted molar refractivity (Wildman–Crippen MR) is 105 cm³/mol. The first-order chi connectivity index (χ1) is 13.3. The van der Waals surface area contributed by atoms with E-state index in [1.165, 1.54) is 6.20 Å². The molecule has 1 aliphatic heterocycles. The minimum Gasteiger partial charge on any atom is -0.579 e. The number of halogens is 3. The van der Waals surface area contributed by atoms with Crippen molar-refractivity contribution in [2.45, 2.75) is 25.6 Å². The Bertz CT molecular complexity index is 804. The van der Waals surface area contributed by atoms with Crippen molar-refractivity contribution in [2.75, 3.05) is 31.1 Å². The number of nitrogens with two attached hydrogens (primary N) is 1. The fourth-order valence-corrected chi connectivity index (χ4v) is 4.09. The molecule has 0 amide bonds. The zero-order valence-electron chi connectivity index (χ0n) is 15.5. The van der Waals surface area contributed by atoms with Crippen molar-refractivity contribution < 1.29 is 17.7 Å². The third-order valence-electron chi connectivity index (χ3n) is 4.85. The number of nitrogens with one attached hydrogen (secondary N) is 2. The van der Waals surface area contributed by atoms with Crippen molar-refractivity contribution in [3.05, 3.63) is 36.0 Å². The van der Waals surface area contributed by atoms with Gasteiger partial charge < -0.3 is 14.8 Å². The van der Waals surface area contributed by atoms with E-state index in [2.05, 4.69) is 26.8 Å². The van der Waals surface area contributed by atoms with E-state index in [1.807, 2.05) is 0 Å². The summed E-state index contributed by atoms with van der Waals surface area (Å²) in [7, 11) is 0. The number of hydrogen-bond acceptors (Lipinski definition) is 6. The topological polar surface area (TPSA) is 89.3 Å². The van der Waals surface area contributed by atoms with E-state index in [4.69, 9.17) is 5.14 Å². The lowest BCUT2D eigenvalue weighted by Crippen LogP contribution is -2.50. The number of nitrogens with zero attached hydrogens (tertiary/aromatic N) is 2. The molecule has 1 aromatic carbocycles. The van der Waals surface area contributed by atoms with E-state index in [0.717, 1.165) is 24.7 Å². The maximum Gasteiger partial charge on any atom is 0.418 e. The molecule has 10 heteroatoms. The van der Waals surface area contributed by atoms with Gasteiger partial charge in [-0.05, 0) is 36.6 Å². The van der Waals surface area contributed by atoms with Gasteiger partial charge in [0, 0.05) is 42.9 Å². The van der Waals surface area contributed by atoms with Gasteiger partial charge in [0.2, 0.25) is 0 Å². The van der Waals surface area contributed by atoms with Crippen LogP contribution in [0.2, 0.25) is 0 Å². The second-order valence-electron chi connectivity index (χ2n) is 7.12. The number of hydrogen-bond donors (Lipinski definition) is 3. The summed E-state index contributed by atoms with van der Waals surface area (Å²) < 4.78 is 53.5. The molecule has 1 aliphatic rings. The summed E-state index contributed by atoms with van der Waals surface area (Å²) in [5.74, 6) is 0.372. The fraction of sp³-hybridized carbons (Fsp3) is 0.500. The van der Waals surface area contributed by atoms with Gasteiger partial charge in [-0.25, -0.2) is 0 Å². The van der Waals surface area contributed by atoms with Crippen molar-refractivity contribution in [1.82, 2.24) is 15.0 Å². The molecule has 154 valence electrons. The molecule has 0 radical (unpaired) electrons. The Morgan fingerprint density at radius 2 is 2.07 bits per heavy atom. The Morgan fingerprint density at radius 1 is 1.29 bits per heavy atom. The number of benzene rings is 1. The highest BCUT2D eigenvalue weighted by Crippen LogP contribution is 2.38. The Hall–Kier alpha value is -1.59. The second-order valence-corrected chi connectivity index (χ2v) is 8.00. The van der Waals surface area contributed by atoms with Crippen LogP contribution in [0.15, 0.2) is 30.5 Å². The second kappa shape index (κ2) is 8.83. The third kappa shape index (κ3) is 5.06. The molecule has 4 N–H and O–H groups in total. The number of aromatic nitrogens is 1. The molecule has 3 rings (SSSR count). The molecule has 0 bridgehead atoms. The molecule has 0 saturated carbocycles. The summed E-state index contributed by atoms with van der Waals surface area (Å²) in [5, 5.41) is 9.07. The zero-order valence-corrected chi connectivity index (χ0v) is 16.3. The smallest absolute Gasteiger partial charge is 0.418 e. The molecule has 1 unspecified atom stereocenters. The summed E-state index contributed by atoms with van der Waals surface area (Å²) in [5.41, 5.74) is 0.0212. The Labute approximate surface area is 165 Å². The van der Waals surface area contributed by atoms with Crippen molar-refractivity contribution in [2.24, 2.45) is 11.1 Å². The molecule has 2 heterocycles. The summed E-state index contributed by atoms with van der Waals surface area (Å²) in [6.45, 7) is 4.63. The number of rotatable bonds is 6. The molecule has 3 atom stereocenters. The van der Waals surface area contributed by atoms with Crippen LogP contribution in [-0.4, -0.2) is 41.8 Å². The van der Waals surface area contributed by atoms with Crippen molar-refractivity contribution in [3.8, 4) is 0 Å². The first-order valence-electron chi connectivity index (χ1n) is 9.08. The molecular formula is C18H24F3N5OS. The lowest BCUT2D eigenvalue weighted by Gasteiger charge is -2.39. The van der Waals surface area contributed by atoms with Crippen LogP contribution < -0.4 is 20.1 Å². The van der Waals surface area contributed by atoms with Gasteiger partial charge in [0.15, 0.2) is 0 Å². The number of piperidine rings is 1. The van der Waals surface area contributed by atoms with Crippen LogP contribution in [0.4, 0.5) is 18.9 Å². The third-order valence-corrected chi connectivity index (χ3v) is 5.34. The minimum atomic E-state index is -4.44. The van der Waals surface area contributed by atoms with Crippen molar-refractivity contribution >= 4 is 28.1 Å². The van der Waals surface area contributed by atoms with E-state index in [-0.39, 0.29) is 11.6 Å². The highest BCUT2D eigenvalue weighted by Gasteiger charge is 2.34. The Kier molecular flexibility index (Phi) is 6.66. The summed E-state index contributed by atoms with van der Waals surface area (Å²) in [6.07, 6.45) is -2.10. The van der Waals surface area contributed by atoms with E-state index in [9.17, 15) is 17.7 Å². The normalized spacial score (nSPS) is 21.9. The van der Waals surface area contributed by atoms with Crippen LogP contribution >= 0.6 is 0 Å². The van der Waals surface area contributed by atoms with Crippen LogP contribution in [0.3, 0.4) is 0 Å². The minimum absolute atomic E-state index is 0.0233. The lowest BCUT2D eigenvalue weighted by atomic mass is 9.94. The average molecular weight is 415 g/mol. The molecule has 0 aliphatic carbocycles. The number of anilines is 1. The molecule has 1 aromatic heterocycles. The fourth-order valence-electron chi connectivity index (χ4n) is 3.79. The lowest BCUT2D eigenvalue weighted by molar-refractivity contribution is -0.136. The van der Waals surface area contributed by atoms with Gasteiger partial charge in [-0.3, -0.25) is 4.98 Å². The number of fused-ring (bicyclic) bond motifs is 1. The van der Waals surface area contributed by atoms with E-state index in [1.54, 1.807) is 18.2 Å². The predicted octanol–water partition coefficient (Wildman–Crippen LogP) is 2.19. The SMILES string of the molecule is C[C@H]1C[C@@H](NCCN[S+](N)[O-])CN(c2ccc(C(F)(F)F)c3ncccc23)C1. The van der Waals surface area contributed by atoms with Gasteiger partial charge in [-0.2, -0.15) is 13.2 Å². The summed E-state index contributed by atoms with van der Waals surface area (Å²) in [6, 6.07) is 6.18. The molecular weight excluding hydrogens is 391 g/mol. The van der Waals surface area contributed by atoms with E-state index in [0.29, 0.717) is 30.9 Å². The van der Waals surface area contributed by atoms with Gasteiger partial charge in [-0.15, -0.1) is 9.86 Å². The monoisotopic (exact) mass is 415 g/mol. The van der Waals surface area contributed by atoms with Gasteiger partial charge >= 0.3 is 6.18 Å². The average Bonchev–Trinajstić information content (AvgIpc) is 2.63. The molecule has 1 saturated heterocycles. The van der Waals surface area contributed by atoms with Crippen molar-refractivity contribution in [3.63, 3.8) is 0 Å². The summed E-state index contributed by atoms with van der Waals surface area (Å²) >= 11 is -1.54. The molecule has 28 heavy (non-hydrogen) atoms. The van der Waals surface area contributed by atoms with Gasteiger partial charge in [-0.1, -0.05) is 6.92 Å². The first-order valence-corrected chi connectivity index (χ1v) is 10.3. The highest BCUT2D eigenvalue weighted by atomic mass is 32.2. The maximum absolute atomic E-state index is 13.3. The maximum atomic E-state index is 13.3. The van der Waals surface area contributed by atoms with E-state index >= 15 is 0 Å². The molecule has 1 fully saturated rings. The number of alkyl halides is 3. The largest absolute Gasteiger partial charge is 0.579 e. The van der Waals surface area contributed by atoms with Gasteiger partial charge in [0.1, 0.15) is 11.5 Å². The quantitative estimate of drug-likeness (QED) is 0.495. The van der Waals surface area contributed by atoms with Crippen LogP contribution in [0.1, 0.15) is 18.9 Å². The Morgan fingerprint density at radius 3 is 2.79 bits per heavy atom.